The number of halogens is 1. The Bertz CT molecular complexity index is 357. The van der Waals surface area contributed by atoms with Crippen molar-refractivity contribution in [2.45, 2.75) is 51.2 Å². The molecule has 18 heavy (non-hydrogen) atoms. The van der Waals surface area contributed by atoms with Crippen molar-refractivity contribution >= 4 is 0 Å². The molecule has 0 aliphatic carbocycles. The van der Waals surface area contributed by atoms with Crippen molar-refractivity contribution in [2.24, 2.45) is 0 Å². The van der Waals surface area contributed by atoms with Crippen LogP contribution in [-0.2, 0) is 0 Å². The molecule has 2 N–H and O–H groups in total. The van der Waals surface area contributed by atoms with Gasteiger partial charge >= 0.3 is 0 Å². The van der Waals surface area contributed by atoms with Crippen molar-refractivity contribution in [2.75, 3.05) is 6.54 Å². The van der Waals surface area contributed by atoms with Crippen molar-refractivity contribution in [1.82, 2.24) is 10.6 Å². The van der Waals surface area contributed by atoms with Crippen molar-refractivity contribution in [1.29, 1.82) is 0 Å². The Labute approximate surface area is 109 Å². The monoisotopic (exact) mass is 250 g/mol. The van der Waals surface area contributed by atoms with Gasteiger partial charge in [-0.3, -0.25) is 0 Å². The topological polar surface area (TPSA) is 24.1 Å². The van der Waals surface area contributed by atoms with Gasteiger partial charge in [-0.15, -0.1) is 0 Å². The summed E-state index contributed by atoms with van der Waals surface area (Å²) in [6.45, 7) is 5.51. The highest BCUT2D eigenvalue weighted by molar-refractivity contribution is 5.19. The summed E-state index contributed by atoms with van der Waals surface area (Å²) in [5.41, 5.74) is 1.14. The van der Waals surface area contributed by atoms with Gasteiger partial charge in [0.15, 0.2) is 0 Å². The van der Waals surface area contributed by atoms with Crippen LogP contribution in [0.1, 0.15) is 44.7 Å². The van der Waals surface area contributed by atoms with Crippen LogP contribution in [0.4, 0.5) is 4.39 Å². The molecule has 3 unspecified atom stereocenters. The minimum absolute atomic E-state index is 0.172. The zero-order valence-electron chi connectivity index (χ0n) is 11.2. The van der Waals surface area contributed by atoms with Gasteiger partial charge in [-0.05, 0) is 57.4 Å². The molecule has 100 valence electrons. The van der Waals surface area contributed by atoms with Crippen LogP contribution in [0.3, 0.4) is 0 Å². The first-order valence-electron chi connectivity index (χ1n) is 6.90. The van der Waals surface area contributed by atoms with E-state index in [0.29, 0.717) is 12.1 Å². The molecule has 1 heterocycles. The Kier molecular flexibility index (Phi) is 4.72. The second-order valence-corrected chi connectivity index (χ2v) is 5.37. The van der Waals surface area contributed by atoms with Gasteiger partial charge in [0.1, 0.15) is 5.82 Å². The smallest absolute Gasteiger partial charge is 0.123 e. The summed E-state index contributed by atoms with van der Waals surface area (Å²) in [5.74, 6) is -0.172. The number of hydrogen-bond acceptors (Lipinski definition) is 2. The van der Waals surface area contributed by atoms with E-state index >= 15 is 0 Å². The summed E-state index contributed by atoms with van der Waals surface area (Å²) < 4.78 is 12.9. The maximum atomic E-state index is 12.9. The third-order valence-corrected chi connectivity index (χ3v) is 3.70. The van der Waals surface area contributed by atoms with Gasteiger partial charge in [0.05, 0.1) is 0 Å². The average molecular weight is 250 g/mol. The highest BCUT2D eigenvalue weighted by Crippen LogP contribution is 2.16. The summed E-state index contributed by atoms with van der Waals surface area (Å²) in [7, 11) is 0. The average Bonchev–Trinajstić information content (AvgIpc) is 2.82. The quantitative estimate of drug-likeness (QED) is 0.839. The van der Waals surface area contributed by atoms with Gasteiger partial charge < -0.3 is 10.6 Å². The molecule has 3 heteroatoms. The molecule has 1 saturated heterocycles. The Morgan fingerprint density at radius 1 is 1.33 bits per heavy atom. The van der Waals surface area contributed by atoms with Crippen molar-refractivity contribution in [3.8, 4) is 0 Å². The molecule has 0 aromatic heterocycles. The lowest BCUT2D eigenvalue weighted by Gasteiger charge is -2.23. The van der Waals surface area contributed by atoms with E-state index in [1.54, 1.807) is 0 Å². The van der Waals surface area contributed by atoms with Crippen LogP contribution < -0.4 is 10.6 Å². The van der Waals surface area contributed by atoms with E-state index < -0.39 is 0 Å². The Balaban J connectivity index is 1.82. The van der Waals surface area contributed by atoms with Crippen molar-refractivity contribution < 1.29 is 4.39 Å². The minimum atomic E-state index is -0.172. The van der Waals surface area contributed by atoms with Crippen molar-refractivity contribution in [3.63, 3.8) is 0 Å². The first-order chi connectivity index (χ1) is 8.65. The first kappa shape index (κ1) is 13.5. The van der Waals surface area contributed by atoms with Gasteiger partial charge in [-0.1, -0.05) is 12.1 Å². The third kappa shape index (κ3) is 3.79. The fraction of sp³-hybridized carbons (Fsp3) is 0.600. The highest BCUT2D eigenvalue weighted by atomic mass is 19.1. The summed E-state index contributed by atoms with van der Waals surface area (Å²) >= 11 is 0. The summed E-state index contributed by atoms with van der Waals surface area (Å²) in [5, 5.41) is 7.10. The molecule has 0 amide bonds. The third-order valence-electron chi connectivity index (χ3n) is 3.70. The van der Waals surface area contributed by atoms with E-state index in [9.17, 15) is 4.39 Å². The van der Waals surface area contributed by atoms with Crippen LogP contribution in [0.5, 0.6) is 0 Å². The molecular weight excluding hydrogens is 227 g/mol. The second kappa shape index (κ2) is 6.30. The molecule has 3 atom stereocenters. The van der Waals surface area contributed by atoms with Gasteiger partial charge in [0, 0.05) is 18.1 Å². The SMILES string of the molecule is CC(CC1CCCN1)NC(C)c1ccc(F)cc1. The maximum absolute atomic E-state index is 12.9. The van der Waals surface area contributed by atoms with E-state index in [0.717, 1.165) is 18.5 Å². The van der Waals surface area contributed by atoms with E-state index in [-0.39, 0.29) is 11.9 Å². The van der Waals surface area contributed by atoms with E-state index in [1.807, 2.05) is 12.1 Å². The normalized spacial score (nSPS) is 22.9. The largest absolute Gasteiger partial charge is 0.314 e. The van der Waals surface area contributed by atoms with Gasteiger partial charge in [0.25, 0.3) is 0 Å². The van der Waals surface area contributed by atoms with Crippen LogP contribution in [0.2, 0.25) is 0 Å². The fourth-order valence-electron chi connectivity index (χ4n) is 2.73. The Morgan fingerprint density at radius 3 is 2.67 bits per heavy atom. The van der Waals surface area contributed by atoms with Gasteiger partial charge in [-0.2, -0.15) is 0 Å². The number of benzene rings is 1. The van der Waals surface area contributed by atoms with Gasteiger partial charge in [-0.25, -0.2) is 4.39 Å². The van der Waals surface area contributed by atoms with Crippen LogP contribution in [-0.4, -0.2) is 18.6 Å². The molecule has 1 aromatic carbocycles. The molecule has 1 fully saturated rings. The standard InChI is InChI=1S/C15H23FN2/c1-11(10-15-4-3-9-17-15)18-12(2)13-5-7-14(16)8-6-13/h5-8,11-12,15,17-18H,3-4,9-10H2,1-2H3. The molecule has 2 rings (SSSR count). The molecule has 1 aliphatic rings. The first-order valence-corrected chi connectivity index (χ1v) is 6.90. The van der Waals surface area contributed by atoms with E-state index in [2.05, 4.69) is 24.5 Å². The Hall–Kier alpha value is -0.930. The highest BCUT2D eigenvalue weighted by Gasteiger charge is 2.18. The zero-order chi connectivity index (χ0) is 13.0. The minimum Gasteiger partial charge on any atom is -0.314 e. The number of rotatable bonds is 5. The lowest BCUT2D eigenvalue weighted by atomic mass is 10.0. The number of hydrogen-bond donors (Lipinski definition) is 2. The summed E-state index contributed by atoms with van der Waals surface area (Å²) in [6.07, 6.45) is 3.74. The van der Waals surface area contributed by atoms with Crippen molar-refractivity contribution in [3.05, 3.63) is 35.6 Å². The molecule has 1 aliphatic heterocycles. The van der Waals surface area contributed by atoms with Gasteiger partial charge in [0.2, 0.25) is 0 Å². The van der Waals surface area contributed by atoms with E-state index in [4.69, 9.17) is 0 Å². The maximum Gasteiger partial charge on any atom is 0.123 e. The fourth-order valence-corrected chi connectivity index (χ4v) is 2.73. The van der Waals surface area contributed by atoms with Crippen LogP contribution in [0.25, 0.3) is 0 Å². The molecule has 0 bridgehead atoms. The van der Waals surface area contributed by atoms with Crippen LogP contribution >= 0.6 is 0 Å². The van der Waals surface area contributed by atoms with E-state index in [1.165, 1.54) is 25.0 Å². The summed E-state index contributed by atoms with van der Waals surface area (Å²) in [4.78, 5) is 0. The summed E-state index contributed by atoms with van der Waals surface area (Å²) in [6, 6.07) is 8.16. The zero-order valence-corrected chi connectivity index (χ0v) is 11.2. The molecule has 1 aromatic rings. The molecule has 0 spiro atoms. The molecular formula is C15H23FN2. The predicted molar refractivity (Wildman–Crippen MR) is 73.1 cm³/mol. The van der Waals surface area contributed by atoms with Crippen LogP contribution in [0, 0.1) is 5.82 Å². The lowest BCUT2D eigenvalue weighted by Crippen LogP contribution is -2.35. The Morgan fingerprint density at radius 2 is 2.06 bits per heavy atom. The van der Waals surface area contributed by atoms with Crippen LogP contribution in [0.15, 0.2) is 24.3 Å². The molecule has 2 nitrogen and oxygen atoms in total. The molecule has 0 saturated carbocycles. The second-order valence-electron chi connectivity index (χ2n) is 5.37. The predicted octanol–water partition coefficient (Wildman–Crippen LogP) is 3.01. The molecule has 0 radical (unpaired) electrons. The lowest BCUT2D eigenvalue weighted by molar-refractivity contribution is 0.407. The number of nitrogens with one attached hydrogen (secondary N) is 2.